The molecule has 0 aliphatic heterocycles. The number of hydrogen-bond acceptors (Lipinski definition) is 2. The summed E-state index contributed by atoms with van der Waals surface area (Å²) in [6.45, 7) is 10.5. The van der Waals surface area contributed by atoms with Gasteiger partial charge in [-0.2, -0.15) is 0 Å². The Balaban J connectivity index is 2.63. The molecule has 1 aromatic carbocycles. The van der Waals surface area contributed by atoms with E-state index in [1.807, 2.05) is 0 Å². The molecule has 0 saturated heterocycles. The molecule has 19 heavy (non-hydrogen) atoms. The smallest absolute Gasteiger partial charge is 0.138 e. The van der Waals surface area contributed by atoms with Gasteiger partial charge in [-0.3, -0.25) is 0 Å². The lowest BCUT2D eigenvalue weighted by atomic mass is 9.99. The van der Waals surface area contributed by atoms with Crippen molar-refractivity contribution in [2.45, 2.75) is 46.6 Å². The summed E-state index contributed by atoms with van der Waals surface area (Å²) in [5.41, 5.74) is 3.67. The molecule has 0 atom stereocenters. The van der Waals surface area contributed by atoms with Crippen molar-refractivity contribution >= 4 is 26.9 Å². The zero-order valence-corrected chi connectivity index (χ0v) is 13.7. The Morgan fingerprint density at radius 2 is 2.00 bits per heavy atom. The van der Waals surface area contributed by atoms with Crippen LogP contribution in [0.2, 0.25) is 0 Å². The number of halogens is 1. The lowest BCUT2D eigenvalue weighted by Crippen LogP contribution is -2.12. The fraction of sp³-hybridized carbons (Fsp3) is 0.500. The summed E-state index contributed by atoms with van der Waals surface area (Å²) >= 11 is 3.62. The fourth-order valence-corrected chi connectivity index (χ4v) is 2.96. The van der Waals surface area contributed by atoms with Crippen LogP contribution in [0, 0.1) is 0 Å². The van der Waals surface area contributed by atoms with Gasteiger partial charge in [-0.05, 0) is 36.6 Å². The van der Waals surface area contributed by atoms with E-state index in [1.165, 1.54) is 16.5 Å². The van der Waals surface area contributed by atoms with Gasteiger partial charge in [0.25, 0.3) is 0 Å². The number of benzene rings is 1. The first kappa shape index (κ1) is 14.6. The van der Waals surface area contributed by atoms with Gasteiger partial charge >= 0.3 is 0 Å². The monoisotopic (exact) mass is 323 g/mol. The zero-order valence-electron chi connectivity index (χ0n) is 12.1. The number of furan rings is 1. The largest absolute Gasteiger partial charge is 0.459 e. The minimum atomic E-state index is 0.461. The van der Waals surface area contributed by atoms with Gasteiger partial charge < -0.3 is 9.73 Å². The quantitative estimate of drug-likeness (QED) is 0.838. The van der Waals surface area contributed by atoms with Crippen LogP contribution in [0.4, 0.5) is 0 Å². The maximum Gasteiger partial charge on any atom is 0.138 e. The molecule has 0 amide bonds. The third-order valence-corrected chi connectivity index (χ3v) is 3.94. The Morgan fingerprint density at radius 3 is 2.58 bits per heavy atom. The zero-order chi connectivity index (χ0) is 14.0. The normalized spacial score (nSPS) is 11.7. The molecular weight excluding hydrogens is 302 g/mol. The van der Waals surface area contributed by atoms with E-state index in [9.17, 15) is 0 Å². The lowest BCUT2D eigenvalue weighted by Gasteiger charge is -2.07. The molecule has 0 aliphatic carbocycles. The second kappa shape index (κ2) is 6.10. The first-order valence-electron chi connectivity index (χ1n) is 7.02. The van der Waals surface area contributed by atoms with E-state index in [4.69, 9.17) is 4.42 Å². The van der Waals surface area contributed by atoms with Crippen LogP contribution < -0.4 is 5.32 Å². The van der Waals surface area contributed by atoms with Crippen LogP contribution in [0.5, 0.6) is 0 Å². The summed E-state index contributed by atoms with van der Waals surface area (Å²) in [5.74, 6) is 1.54. The van der Waals surface area contributed by atoms with Crippen LogP contribution in [0.25, 0.3) is 11.0 Å². The first-order valence-corrected chi connectivity index (χ1v) is 7.82. The minimum Gasteiger partial charge on any atom is -0.459 e. The van der Waals surface area contributed by atoms with Crippen molar-refractivity contribution in [2.75, 3.05) is 6.54 Å². The number of rotatable bonds is 5. The molecule has 0 spiro atoms. The van der Waals surface area contributed by atoms with E-state index in [1.54, 1.807) is 0 Å². The third-order valence-electron chi connectivity index (χ3n) is 3.48. The van der Waals surface area contributed by atoms with Crippen LogP contribution in [-0.2, 0) is 13.0 Å². The Bertz CT molecular complexity index is 572. The van der Waals surface area contributed by atoms with Gasteiger partial charge in [-0.25, -0.2) is 0 Å². The van der Waals surface area contributed by atoms with Crippen molar-refractivity contribution in [3.63, 3.8) is 0 Å². The van der Waals surface area contributed by atoms with E-state index in [0.717, 1.165) is 35.3 Å². The van der Waals surface area contributed by atoms with Gasteiger partial charge in [-0.15, -0.1) is 0 Å². The summed E-state index contributed by atoms with van der Waals surface area (Å²) in [4.78, 5) is 0. The molecular formula is C16H22BrNO. The number of fused-ring (bicyclic) bond motifs is 1. The van der Waals surface area contributed by atoms with E-state index < -0.39 is 0 Å². The first-order chi connectivity index (χ1) is 9.08. The van der Waals surface area contributed by atoms with Crippen molar-refractivity contribution in [1.82, 2.24) is 5.32 Å². The maximum absolute atomic E-state index is 6.16. The molecule has 0 saturated carbocycles. The molecule has 0 bridgehead atoms. The Hall–Kier alpha value is -0.800. The predicted molar refractivity (Wildman–Crippen MR) is 84.8 cm³/mol. The van der Waals surface area contributed by atoms with Gasteiger partial charge in [-0.1, -0.05) is 43.6 Å². The van der Waals surface area contributed by atoms with Crippen LogP contribution >= 0.6 is 15.9 Å². The van der Waals surface area contributed by atoms with Crippen LogP contribution in [0.15, 0.2) is 21.0 Å². The molecule has 3 heteroatoms. The molecule has 0 fully saturated rings. The average Bonchev–Trinajstić information content (AvgIpc) is 2.72. The minimum absolute atomic E-state index is 0.461. The van der Waals surface area contributed by atoms with Gasteiger partial charge in [0, 0.05) is 15.4 Å². The maximum atomic E-state index is 6.16. The highest BCUT2D eigenvalue weighted by molar-refractivity contribution is 9.10. The Kier molecular flexibility index (Phi) is 4.69. The SMILES string of the molecule is CCNCc1oc2c(C(C)C)cc(Br)cc2c1CC. The highest BCUT2D eigenvalue weighted by Crippen LogP contribution is 2.35. The summed E-state index contributed by atoms with van der Waals surface area (Å²) in [6, 6.07) is 4.35. The molecule has 1 aromatic heterocycles. The van der Waals surface area contributed by atoms with Crippen LogP contribution in [0.1, 0.15) is 50.5 Å². The van der Waals surface area contributed by atoms with E-state index in [0.29, 0.717) is 5.92 Å². The van der Waals surface area contributed by atoms with Gasteiger partial charge in [0.2, 0.25) is 0 Å². The van der Waals surface area contributed by atoms with Gasteiger partial charge in [0.1, 0.15) is 11.3 Å². The Morgan fingerprint density at radius 1 is 1.26 bits per heavy atom. The molecule has 1 heterocycles. The van der Waals surface area contributed by atoms with E-state index in [-0.39, 0.29) is 0 Å². The van der Waals surface area contributed by atoms with Crippen molar-refractivity contribution in [2.24, 2.45) is 0 Å². The number of hydrogen-bond donors (Lipinski definition) is 1. The molecule has 0 radical (unpaired) electrons. The predicted octanol–water partition coefficient (Wildman–Crippen LogP) is 4.99. The van der Waals surface area contributed by atoms with Crippen molar-refractivity contribution in [3.05, 3.63) is 33.5 Å². The molecule has 0 aliphatic rings. The summed E-state index contributed by atoms with van der Waals surface area (Å²) in [7, 11) is 0. The molecule has 0 unspecified atom stereocenters. The molecule has 2 nitrogen and oxygen atoms in total. The fourth-order valence-electron chi connectivity index (χ4n) is 2.49. The number of aryl methyl sites for hydroxylation is 1. The second-order valence-corrected chi connectivity index (χ2v) is 6.08. The van der Waals surface area contributed by atoms with E-state index in [2.05, 4.69) is 61.1 Å². The summed E-state index contributed by atoms with van der Waals surface area (Å²) < 4.78 is 7.29. The molecule has 2 aromatic rings. The van der Waals surface area contributed by atoms with Crippen LogP contribution in [0.3, 0.4) is 0 Å². The molecule has 2 rings (SSSR count). The highest BCUT2D eigenvalue weighted by atomic mass is 79.9. The highest BCUT2D eigenvalue weighted by Gasteiger charge is 2.17. The lowest BCUT2D eigenvalue weighted by molar-refractivity contribution is 0.510. The topological polar surface area (TPSA) is 25.2 Å². The third kappa shape index (κ3) is 2.87. The standard InChI is InChI=1S/C16H22BrNO/c1-5-12-14-8-11(17)7-13(10(3)4)16(14)19-15(12)9-18-6-2/h7-8,10,18H,5-6,9H2,1-4H3. The average molecular weight is 324 g/mol. The number of nitrogens with one attached hydrogen (secondary N) is 1. The van der Waals surface area contributed by atoms with Gasteiger partial charge in [0.05, 0.1) is 6.54 Å². The van der Waals surface area contributed by atoms with Crippen molar-refractivity contribution in [1.29, 1.82) is 0 Å². The van der Waals surface area contributed by atoms with Gasteiger partial charge in [0.15, 0.2) is 0 Å². The van der Waals surface area contributed by atoms with Crippen molar-refractivity contribution in [3.8, 4) is 0 Å². The Labute approximate surface area is 123 Å². The molecule has 104 valence electrons. The van der Waals surface area contributed by atoms with Crippen LogP contribution in [-0.4, -0.2) is 6.54 Å². The summed E-state index contributed by atoms with van der Waals surface area (Å²) in [5, 5.41) is 4.62. The van der Waals surface area contributed by atoms with E-state index >= 15 is 0 Å². The molecule has 1 N–H and O–H groups in total. The van der Waals surface area contributed by atoms with Crippen molar-refractivity contribution < 1.29 is 4.42 Å². The summed E-state index contributed by atoms with van der Waals surface area (Å²) in [6.07, 6.45) is 1.00. The second-order valence-electron chi connectivity index (χ2n) is 5.16.